The van der Waals surface area contributed by atoms with Crippen molar-refractivity contribution in [3.8, 4) is 5.75 Å². The van der Waals surface area contributed by atoms with Crippen LogP contribution in [0.5, 0.6) is 5.75 Å². The fraction of sp³-hybridized carbons (Fsp3) is 0.238. The number of halogens is 3. The number of methoxy groups -OCH3 is 1. The van der Waals surface area contributed by atoms with Crippen LogP contribution in [-0.4, -0.2) is 17.6 Å². The van der Waals surface area contributed by atoms with E-state index in [0.717, 1.165) is 23.0 Å². The van der Waals surface area contributed by atoms with Gasteiger partial charge in [0.2, 0.25) is 0 Å². The van der Waals surface area contributed by atoms with Gasteiger partial charge in [0.1, 0.15) is 10.6 Å². The first-order chi connectivity index (χ1) is 14.2. The summed E-state index contributed by atoms with van der Waals surface area (Å²) in [5.74, 6) is 0.0233. The van der Waals surface area contributed by atoms with Crippen LogP contribution in [0.1, 0.15) is 32.1 Å². The number of hydrogen-bond donors (Lipinski definition) is 1. The predicted octanol–water partition coefficient (Wildman–Crippen LogP) is 4.22. The first kappa shape index (κ1) is 21.6. The number of ether oxygens (including phenoxy) is 1. The molecule has 0 aliphatic rings. The highest BCUT2D eigenvalue weighted by Gasteiger charge is 2.33. The Balaban J connectivity index is 1.80. The Hall–Kier alpha value is -3.07. The molecule has 3 rings (SSSR count). The lowest BCUT2D eigenvalue weighted by atomic mass is 10.1. The molecule has 1 amide bonds. The summed E-state index contributed by atoms with van der Waals surface area (Å²) in [5, 5.41) is 2.49. The van der Waals surface area contributed by atoms with Crippen molar-refractivity contribution in [2.24, 2.45) is 0 Å². The second-order valence-electron chi connectivity index (χ2n) is 6.52. The van der Waals surface area contributed by atoms with Crippen LogP contribution in [0.2, 0.25) is 0 Å². The van der Waals surface area contributed by atoms with E-state index in [0.29, 0.717) is 11.4 Å². The second kappa shape index (κ2) is 8.74. The van der Waals surface area contributed by atoms with Crippen LogP contribution in [0.4, 0.5) is 13.2 Å². The monoisotopic (exact) mass is 436 g/mol. The molecule has 30 heavy (non-hydrogen) atoms. The predicted molar refractivity (Wildman–Crippen MR) is 108 cm³/mol. The maximum Gasteiger partial charge on any atom is 0.416 e. The zero-order valence-electron chi connectivity index (χ0n) is 16.2. The number of amides is 1. The quantitative estimate of drug-likeness (QED) is 0.629. The van der Waals surface area contributed by atoms with Gasteiger partial charge in [-0.3, -0.25) is 14.2 Å². The molecule has 0 bridgehead atoms. The van der Waals surface area contributed by atoms with E-state index in [1.54, 1.807) is 13.0 Å². The third-order valence-corrected chi connectivity index (χ3v) is 5.71. The van der Waals surface area contributed by atoms with Gasteiger partial charge in [0.15, 0.2) is 0 Å². The van der Waals surface area contributed by atoms with Crippen LogP contribution < -0.4 is 14.9 Å². The van der Waals surface area contributed by atoms with Gasteiger partial charge in [0.05, 0.1) is 19.2 Å². The van der Waals surface area contributed by atoms with Crippen molar-refractivity contribution in [1.29, 1.82) is 0 Å². The number of aromatic nitrogens is 1. The minimum absolute atomic E-state index is 0.0446. The van der Waals surface area contributed by atoms with E-state index in [1.165, 1.54) is 29.9 Å². The van der Waals surface area contributed by atoms with Crippen LogP contribution in [0.15, 0.2) is 53.3 Å². The summed E-state index contributed by atoms with van der Waals surface area (Å²) in [6.07, 6.45) is -4.51. The molecule has 0 unspecified atom stereocenters. The molecule has 2 aromatic carbocycles. The SMILES string of the molecule is COc1ccccc1Cn1c(C)c(C(=O)NCc2ccccc2C(F)(F)F)sc1=O. The van der Waals surface area contributed by atoms with Gasteiger partial charge >= 0.3 is 11.0 Å². The minimum atomic E-state index is -4.51. The Kier molecular flexibility index (Phi) is 6.31. The number of benzene rings is 2. The third-order valence-electron chi connectivity index (χ3n) is 4.63. The highest BCUT2D eigenvalue weighted by atomic mass is 32.1. The number of nitrogens with one attached hydrogen (secondary N) is 1. The standard InChI is InChI=1S/C21H19F3N2O3S/c1-13-18(19(27)25-11-14-7-3-5-9-16(14)21(22,23)24)30-20(28)26(13)12-15-8-4-6-10-17(15)29-2/h3-10H,11-12H2,1-2H3,(H,25,27). The minimum Gasteiger partial charge on any atom is -0.496 e. The molecule has 0 radical (unpaired) electrons. The molecule has 0 fully saturated rings. The average Bonchev–Trinajstić information content (AvgIpc) is 3.00. The zero-order chi connectivity index (χ0) is 21.9. The van der Waals surface area contributed by atoms with E-state index >= 15 is 0 Å². The fourth-order valence-corrected chi connectivity index (χ4v) is 3.99. The van der Waals surface area contributed by atoms with E-state index in [9.17, 15) is 22.8 Å². The summed E-state index contributed by atoms with van der Waals surface area (Å²) in [6, 6.07) is 12.3. The summed E-state index contributed by atoms with van der Waals surface area (Å²) in [5.41, 5.74) is 0.368. The van der Waals surface area contributed by atoms with Gasteiger partial charge in [0, 0.05) is 17.8 Å². The highest BCUT2D eigenvalue weighted by Crippen LogP contribution is 2.31. The van der Waals surface area contributed by atoms with Gasteiger partial charge in [-0.15, -0.1) is 0 Å². The summed E-state index contributed by atoms with van der Waals surface area (Å²) in [7, 11) is 1.53. The van der Waals surface area contributed by atoms with Crippen molar-refractivity contribution in [3.63, 3.8) is 0 Å². The van der Waals surface area contributed by atoms with Gasteiger partial charge < -0.3 is 10.1 Å². The van der Waals surface area contributed by atoms with E-state index < -0.39 is 17.6 Å². The number of nitrogens with zero attached hydrogens (tertiary/aromatic N) is 1. The van der Waals surface area contributed by atoms with Gasteiger partial charge in [-0.05, 0) is 24.6 Å². The number of carbonyl (C=O) groups excluding carboxylic acids is 1. The van der Waals surface area contributed by atoms with E-state index in [2.05, 4.69) is 5.32 Å². The first-order valence-electron chi connectivity index (χ1n) is 8.97. The van der Waals surface area contributed by atoms with E-state index in [-0.39, 0.29) is 28.4 Å². The van der Waals surface area contributed by atoms with Crippen molar-refractivity contribution in [3.05, 3.63) is 85.5 Å². The molecule has 0 saturated heterocycles. The van der Waals surface area contributed by atoms with Gasteiger partial charge in [-0.2, -0.15) is 13.2 Å². The Bertz CT molecular complexity index is 1120. The number of thiazole rings is 1. The van der Waals surface area contributed by atoms with E-state index in [1.807, 2.05) is 18.2 Å². The van der Waals surface area contributed by atoms with Crippen LogP contribution >= 0.6 is 11.3 Å². The van der Waals surface area contributed by atoms with E-state index in [4.69, 9.17) is 4.74 Å². The van der Waals surface area contributed by atoms with Gasteiger partial charge in [-0.25, -0.2) is 0 Å². The number of carbonyl (C=O) groups is 1. The molecule has 1 heterocycles. The topological polar surface area (TPSA) is 60.3 Å². The Morgan fingerprint density at radius 2 is 1.73 bits per heavy atom. The van der Waals surface area contributed by atoms with Crippen molar-refractivity contribution in [2.75, 3.05) is 7.11 Å². The Morgan fingerprint density at radius 3 is 2.40 bits per heavy atom. The van der Waals surface area contributed by atoms with Gasteiger partial charge in [0.25, 0.3) is 5.91 Å². The smallest absolute Gasteiger partial charge is 0.416 e. The molecule has 5 nitrogen and oxygen atoms in total. The molecule has 0 spiro atoms. The molecule has 0 aliphatic carbocycles. The zero-order valence-corrected chi connectivity index (χ0v) is 17.1. The number of alkyl halides is 3. The second-order valence-corrected chi connectivity index (χ2v) is 7.48. The third kappa shape index (κ3) is 4.56. The van der Waals surface area contributed by atoms with Crippen LogP contribution in [0.3, 0.4) is 0 Å². The number of rotatable bonds is 6. The molecule has 9 heteroatoms. The first-order valence-corrected chi connectivity index (χ1v) is 9.79. The number of para-hydroxylation sites is 1. The van der Waals surface area contributed by atoms with Crippen molar-refractivity contribution < 1.29 is 22.7 Å². The molecule has 158 valence electrons. The maximum absolute atomic E-state index is 13.1. The summed E-state index contributed by atoms with van der Waals surface area (Å²) in [6.45, 7) is 1.55. The maximum atomic E-state index is 13.1. The van der Waals surface area contributed by atoms with Crippen LogP contribution in [-0.2, 0) is 19.3 Å². The van der Waals surface area contributed by atoms with Crippen molar-refractivity contribution in [2.45, 2.75) is 26.2 Å². The lowest BCUT2D eigenvalue weighted by Crippen LogP contribution is -2.24. The van der Waals surface area contributed by atoms with Crippen LogP contribution in [0, 0.1) is 6.92 Å². The molecule has 1 N–H and O–H groups in total. The van der Waals surface area contributed by atoms with Crippen LogP contribution in [0.25, 0.3) is 0 Å². The summed E-state index contributed by atoms with van der Waals surface area (Å²) >= 11 is 0.759. The largest absolute Gasteiger partial charge is 0.496 e. The van der Waals surface area contributed by atoms with Gasteiger partial charge in [-0.1, -0.05) is 47.7 Å². The lowest BCUT2D eigenvalue weighted by molar-refractivity contribution is -0.138. The molecule has 0 atom stereocenters. The molecule has 1 aromatic heterocycles. The highest BCUT2D eigenvalue weighted by molar-refractivity contribution is 7.11. The van der Waals surface area contributed by atoms with Crippen molar-refractivity contribution in [1.82, 2.24) is 9.88 Å². The molecule has 0 aliphatic heterocycles. The van der Waals surface area contributed by atoms with Crippen molar-refractivity contribution >= 4 is 17.2 Å². The Morgan fingerprint density at radius 1 is 1.10 bits per heavy atom. The summed E-state index contributed by atoms with van der Waals surface area (Å²) in [4.78, 5) is 24.9. The molecule has 0 saturated carbocycles. The average molecular weight is 436 g/mol. The normalized spacial score (nSPS) is 11.4. The Labute approximate surface area is 174 Å². The fourth-order valence-electron chi connectivity index (χ4n) is 3.08. The molecular formula is C21H19F3N2O3S. The molecular weight excluding hydrogens is 417 g/mol. The lowest BCUT2D eigenvalue weighted by Gasteiger charge is -2.13. The number of hydrogen-bond acceptors (Lipinski definition) is 4. The molecule has 3 aromatic rings. The summed E-state index contributed by atoms with van der Waals surface area (Å²) < 4.78 is 46.1.